The maximum Gasteiger partial charge on any atom is 0.271 e. The summed E-state index contributed by atoms with van der Waals surface area (Å²) >= 11 is 0. The largest absolute Gasteiger partial charge is 0.336 e. The van der Waals surface area contributed by atoms with Crippen molar-refractivity contribution in [2.75, 3.05) is 0 Å². The lowest BCUT2D eigenvalue weighted by Crippen LogP contribution is -1.94. The van der Waals surface area contributed by atoms with E-state index in [9.17, 15) is 0 Å². The van der Waals surface area contributed by atoms with E-state index in [1.54, 1.807) is 6.07 Å². The monoisotopic (exact) mass is 182 g/mol. The van der Waals surface area contributed by atoms with E-state index < -0.39 is 0 Å². The van der Waals surface area contributed by atoms with Crippen LogP contribution in [0.2, 0.25) is 0 Å². The standard InChI is InChI=1S/C9H10O4/c1-5(2)6-3-4-7(11-10)9-8(6)12-13-9/h3-5,10H,1-2H3. The van der Waals surface area contributed by atoms with Crippen LogP contribution in [0, 0.1) is 0 Å². The van der Waals surface area contributed by atoms with Crippen molar-refractivity contribution in [2.45, 2.75) is 19.8 Å². The Morgan fingerprint density at radius 1 is 1.23 bits per heavy atom. The zero-order valence-corrected chi connectivity index (χ0v) is 7.40. The molecule has 1 aromatic carbocycles. The Hall–Kier alpha value is -1.42. The van der Waals surface area contributed by atoms with Gasteiger partial charge in [-0.15, -0.1) is 0 Å². The Morgan fingerprint density at radius 3 is 2.38 bits per heavy atom. The summed E-state index contributed by atoms with van der Waals surface area (Å²) < 4.78 is 9.52. The lowest BCUT2D eigenvalue weighted by molar-refractivity contribution is -0.138. The molecule has 0 aliphatic rings. The molecule has 70 valence electrons. The molecule has 0 aliphatic heterocycles. The average molecular weight is 182 g/mol. The molecule has 0 fully saturated rings. The first-order valence-corrected chi connectivity index (χ1v) is 4.07. The Kier molecular flexibility index (Phi) is 1.77. The topological polar surface area (TPSA) is 55.7 Å². The van der Waals surface area contributed by atoms with Crippen LogP contribution >= 0.6 is 0 Å². The molecule has 0 atom stereocenters. The predicted octanol–water partition coefficient (Wildman–Crippen LogP) is 3.00. The van der Waals surface area contributed by atoms with E-state index in [0.29, 0.717) is 17.1 Å². The molecular formula is C9H10O4. The molecule has 0 spiro atoms. The minimum absolute atomic E-state index is 0.283. The number of fused-ring (bicyclic) bond motifs is 1. The summed E-state index contributed by atoms with van der Waals surface area (Å²) in [6.45, 7) is 4.10. The van der Waals surface area contributed by atoms with Gasteiger partial charge in [0.2, 0.25) is 11.3 Å². The molecule has 0 saturated heterocycles. The van der Waals surface area contributed by atoms with Gasteiger partial charge in [-0.1, -0.05) is 19.9 Å². The van der Waals surface area contributed by atoms with Crippen molar-refractivity contribution >= 4 is 11.2 Å². The molecule has 0 bridgehead atoms. The number of benzene rings is 1. The normalized spacial score (nSPS) is 11.4. The van der Waals surface area contributed by atoms with Crippen molar-refractivity contribution in [3.8, 4) is 5.75 Å². The highest BCUT2D eigenvalue weighted by Gasteiger charge is 2.18. The highest BCUT2D eigenvalue weighted by atomic mass is 17.1. The molecule has 1 heterocycles. The first-order valence-electron chi connectivity index (χ1n) is 4.07. The fraction of sp³-hybridized carbons (Fsp3) is 0.333. The zero-order chi connectivity index (χ0) is 9.42. The molecule has 2 rings (SSSR count). The van der Waals surface area contributed by atoms with Crippen LogP contribution in [0.1, 0.15) is 25.3 Å². The highest BCUT2D eigenvalue weighted by molar-refractivity contribution is 5.81. The molecule has 0 unspecified atom stereocenters. The summed E-state index contributed by atoms with van der Waals surface area (Å²) in [5.74, 6) is 0.635. The Labute approximate surface area is 74.6 Å². The molecule has 13 heavy (non-hydrogen) atoms. The molecule has 0 radical (unpaired) electrons. The van der Waals surface area contributed by atoms with Crippen LogP contribution in [-0.2, 0) is 0 Å². The van der Waals surface area contributed by atoms with Crippen molar-refractivity contribution < 1.29 is 19.3 Å². The zero-order valence-electron chi connectivity index (χ0n) is 7.40. The van der Waals surface area contributed by atoms with Gasteiger partial charge in [-0.25, -0.2) is 5.26 Å². The molecular weight excluding hydrogens is 172 g/mol. The van der Waals surface area contributed by atoms with Crippen LogP contribution in [0.4, 0.5) is 0 Å². The summed E-state index contributed by atoms with van der Waals surface area (Å²) in [5, 5.41) is 8.47. The predicted molar refractivity (Wildman–Crippen MR) is 45.8 cm³/mol. The van der Waals surface area contributed by atoms with Crippen LogP contribution in [0.3, 0.4) is 0 Å². The maximum absolute atomic E-state index is 8.47. The van der Waals surface area contributed by atoms with Gasteiger partial charge < -0.3 is 4.89 Å². The van der Waals surface area contributed by atoms with Crippen molar-refractivity contribution in [2.24, 2.45) is 0 Å². The van der Waals surface area contributed by atoms with Gasteiger partial charge >= 0.3 is 0 Å². The van der Waals surface area contributed by atoms with Crippen molar-refractivity contribution in [1.29, 1.82) is 0 Å². The van der Waals surface area contributed by atoms with E-state index in [1.807, 2.05) is 6.07 Å². The summed E-state index contributed by atoms with van der Waals surface area (Å²) in [6, 6.07) is 3.49. The SMILES string of the molecule is CC(C)c1ccc(OO)c2ooc12. The fourth-order valence-electron chi connectivity index (χ4n) is 1.30. The second kappa shape index (κ2) is 2.81. The Balaban J connectivity index is 2.59. The van der Waals surface area contributed by atoms with Crippen LogP contribution in [-0.4, -0.2) is 5.26 Å². The van der Waals surface area contributed by atoms with Crippen LogP contribution in [0.5, 0.6) is 5.75 Å². The molecule has 0 aliphatic carbocycles. The van der Waals surface area contributed by atoms with E-state index in [4.69, 9.17) is 14.4 Å². The molecule has 1 N–H and O–H groups in total. The quantitative estimate of drug-likeness (QED) is 0.573. The second-order valence-electron chi connectivity index (χ2n) is 3.22. The van der Waals surface area contributed by atoms with E-state index in [-0.39, 0.29) is 5.75 Å². The fourth-order valence-corrected chi connectivity index (χ4v) is 1.30. The van der Waals surface area contributed by atoms with Crippen LogP contribution < -0.4 is 4.89 Å². The number of hydrogen-bond donors (Lipinski definition) is 1. The van der Waals surface area contributed by atoms with E-state index in [1.165, 1.54) is 0 Å². The average Bonchev–Trinajstić information content (AvgIpc) is 2.05. The lowest BCUT2D eigenvalue weighted by atomic mass is 10.0. The molecule has 2 aromatic rings. The first-order chi connectivity index (χ1) is 6.24. The minimum atomic E-state index is 0.283. The summed E-state index contributed by atoms with van der Waals surface area (Å²) in [7, 11) is 0. The van der Waals surface area contributed by atoms with Crippen LogP contribution in [0.15, 0.2) is 21.3 Å². The first kappa shape index (κ1) is 8.19. The number of rotatable bonds is 2. The molecule has 0 amide bonds. The third-order valence-corrected chi connectivity index (χ3v) is 2.04. The van der Waals surface area contributed by atoms with Crippen molar-refractivity contribution in [3.63, 3.8) is 0 Å². The van der Waals surface area contributed by atoms with E-state index >= 15 is 0 Å². The molecule has 4 heteroatoms. The minimum Gasteiger partial charge on any atom is -0.336 e. The third kappa shape index (κ3) is 1.10. The van der Waals surface area contributed by atoms with Gasteiger partial charge in [0.05, 0.1) is 0 Å². The summed E-state index contributed by atoms with van der Waals surface area (Å²) in [4.78, 5) is 4.11. The van der Waals surface area contributed by atoms with E-state index in [2.05, 4.69) is 18.7 Å². The van der Waals surface area contributed by atoms with Gasteiger partial charge in [0.25, 0.3) is 5.58 Å². The highest BCUT2D eigenvalue weighted by Crippen LogP contribution is 2.34. The van der Waals surface area contributed by atoms with Gasteiger partial charge in [0.1, 0.15) is 0 Å². The summed E-state index contributed by atoms with van der Waals surface area (Å²) in [6.07, 6.45) is 0. The lowest BCUT2D eigenvalue weighted by Gasteiger charge is -2.09. The van der Waals surface area contributed by atoms with Gasteiger partial charge in [-0.3, -0.25) is 9.15 Å². The maximum atomic E-state index is 8.47. The summed E-state index contributed by atoms with van der Waals surface area (Å²) in [5.41, 5.74) is 2.16. The Morgan fingerprint density at radius 2 is 1.92 bits per heavy atom. The van der Waals surface area contributed by atoms with Gasteiger partial charge in [0, 0.05) is 5.56 Å². The number of hydrogen-bond acceptors (Lipinski definition) is 4. The van der Waals surface area contributed by atoms with E-state index in [0.717, 1.165) is 5.56 Å². The third-order valence-electron chi connectivity index (χ3n) is 2.04. The smallest absolute Gasteiger partial charge is 0.271 e. The Bertz CT molecular complexity index is 410. The van der Waals surface area contributed by atoms with Gasteiger partial charge in [-0.05, 0) is 12.0 Å². The van der Waals surface area contributed by atoms with Crippen molar-refractivity contribution in [3.05, 3.63) is 17.7 Å². The molecule has 1 aromatic heterocycles. The second-order valence-corrected chi connectivity index (χ2v) is 3.22. The van der Waals surface area contributed by atoms with Gasteiger partial charge in [-0.2, -0.15) is 0 Å². The molecule has 0 saturated carbocycles. The van der Waals surface area contributed by atoms with Crippen molar-refractivity contribution in [1.82, 2.24) is 0 Å². The van der Waals surface area contributed by atoms with Gasteiger partial charge in [0.15, 0.2) is 0 Å². The van der Waals surface area contributed by atoms with Crippen LogP contribution in [0.25, 0.3) is 11.2 Å². The molecule has 4 nitrogen and oxygen atoms in total.